The highest BCUT2D eigenvalue weighted by atomic mass is 32.2. The Balaban J connectivity index is 2.16. The van der Waals surface area contributed by atoms with Crippen LogP contribution in [0.1, 0.15) is 50.3 Å². The lowest BCUT2D eigenvalue weighted by molar-refractivity contribution is 0.589. The highest BCUT2D eigenvalue weighted by Gasteiger charge is 2.20. The second kappa shape index (κ2) is 7.05. The molecular weight excluding hydrogens is 294 g/mol. The van der Waals surface area contributed by atoms with Crippen LogP contribution in [0, 0.1) is 0 Å². The van der Waals surface area contributed by atoms with Crippen LogP contribution in [0.25, 0.3) is 0 Å². The normalized spacial score (nSPS) is 14.5. The van der Waals surface area contributed by atoms with Crippen molar-refractivity contribution in [1.29, 1.82) is 0 Å². The van der Waals surface area contributed by atoms with Crippen molar-refractivity contribution in [2.45, 2.75) is 43.9 Å². The van der Waals surface area contributed by atoms with Gasteiger partial charge in [0.2, 0.25) is 0 Å². The van der Waals surface area contributed by atoms with Crippen molar-refractivity contribution in [2.24, 2.45) is 0 Å². The topological polar surface area (TPSA) is 47.0 Å². The molecule has 2 rings (SSSR count). The predicted molar refractivity (Wildman–Crippen MR) is 89.9 cm³/mol. The summed E-state index contributed by atoms with van der Waals surface area (Å²) in [5.74, 6) is 0.400. The van der Waals surface area contributed by atoms with E-state index in [2.05, 4.69) is 18.8 Å². The van der Waals surface area contributed by atoms with Crippen molar-refractivity contribution in [2.75, 3.05) is 5.75 Å². The fourth-order valence-corrected chi connectivity index (χ4v) is 3.99. The molecule has 1 heterocycles. The molecule has 0 N–H and O–H groups in total. The summed E-state index contributed by atoms with van der Waals surface area (Å²) in [6, 6.07) is 12.9. The van der Waals surface area contributed by atoms with E-state index in [0.717, 1.165) is 12.1 Å². The predicted octanol–water partition coefficient (Wildman–Crippen LogP) is 4.17. The van der Waals surface area contributed by atoms with Gasteiger partial charge in [-0.05, 0) is 42.2 Å². The summed E-state index contributed by atoms with van der Waals surface area (Å²) >= 11 is 0. The standard InChI is InChI=1S/C18H23NO2S/c1-4-14(2)16-8-10-17(11-9-16)22(20,21)13-15(3)18-7-5-6-12-19-18/h5-12,14-15H,4,13H2,1-3H3. The Hall–Kier alpha value is -1.68. The molecule has 0 saturated heterocycles. The van der Waals surface area contributed by atoms with E-state index >= 15 is 0 Å². The summed E-state index contributed by atoms with van der Waals surface area (Å²) < 4.78 is 25.1. The molecule has 0 bridgehead atoms. The van der Waals surface area contributed by atoms with E-state index < -0.39 is 9.84 Å². The summed E-state index contributed by atoms with van der Waals surface area (Å²) in [5.41, 5.74) is 1.99. The van der Waals surface area contributed by atoms with Crippen molar-refractivity contribution in [3.05, 3.63) is 59.9 Å². The second-order valence-corrected chi connectivity index (χ2v) is 7.85. The van der Waals surface area contributed by atoms with Gasteiger partial charge in [0.15, 0.2) is 9.84 Å². The molecule has 22 heavy (non-hydrogen) atoms. The summed E-state index contributed by atoms with van der Waals surface area (Å²) in [4.78, 5) is 4.63. The average molecular weight is 317 g/mol. The molecule has 118 valence electrons. The summed E-state index contributed by atoms with van der Waals surface area (Å²) in [6.45, 7) is 6.17. The molecule has 0 aliphatic carbocycles. The quantitative estimate of drug-likeness (QED) is 0.803. The fraction of sp³-hybridized carbons (Fsp3) is 0.389. The monoisotopic (exact) mass is 317 g/mol. The minimum absolute atomic E-state index is 0.0761. The van der Waals surface area contributed by atoms with Gasteiger partial charge < -0.3 is 0 Å². The number of hydrogen-bond donors (Lipinski definition) is 0. The van der Waals surface area contributed by atoms with Crippen LogP contribution in [-0.4, -0.2) is 19.2 Å². The second-order valence-electron chi connectivity index (χ2n) is 5.82. The third kappa shape index (κ3) is 3.95. The smallest absolute Gasteiger partial charge is 0.179 e. The number of rotatable bonds is 6. The zero-order valence-electron chi connectivity index (χ0n) is 13.4. The largest absolute Gasteiger partial charge is 0.261 e. The maximum Gasteiger partial charge on any atom is 0.179 e. The lowest BCUT2D eigenvalue weighted by Gasteiger charge is -2.13. The lowest BCUT2D eigenvalue weighted by atomic mass is 9.99. The van der Waals surface area contributed by atoms with Crippen LogP contribution in [-0.2, 0) is 9.84 Å². The molecule has 0 amide bonds. The third-order valence-corrected chi connectivity index (χ3v) is 6.01. The molecule has 2 aromatic rings. The summed E-state index contributed by atoms with van der Waals surface area (Å²) in [7, 11) is -3.30. The van der Waals surface area contributed by atoms with Gasteiger partial charge in [0.05, 0.1) is 10.6 Å². The first-order valence-corrected chi connectivity index (χ1v) is 9.33. The molecule has 0 fully saturated rings. The first-order chi connectivity index (χ1) is 10.4. The Morgan fingerprint density at radius 1 is 1.00 bits per heavy atom. The summed E-state index contributed by atoms with van der Waals surface area (Å²) in [5, 5.41) is 0. The van der Waals surface area contributed by atoms with Gasteiger partial charge in [-0.2, -0.15) is 0 Å². The van der Waals surface area contributed by atoms with Crippen LogP contribution >= 0.6 is 0 Å². The van der Waals surface area contributed by atoms with E-state index in [1.165, 1.54) is 5.56 Å². The SMILES string of the molecule is CCC(C)c1ccc(S(=O)(=O)CC(C)c2ccccn2)cc1. The Morgan fingerprint density at radius 3 is 2.23 bits per heavy atom. The van der Waals surface area contributed by atoms with Gasteiger partial charge in [-0.15, -0.1) is 0 Å². The molecule has 4 heteroatoms. The van der Waals surface area contributed by atoms with Crippen LogP contribution in [0.2, 0.25) is 0 Å². The number of sulfone groups is 1. The van der Waals surface area contributed by atoms with Crippen LogP contribution in [0.3, 0.4) is 0 Å². The van der Waals surface area contributed by atoms with E-state index in [-0.39, 0.29) is 11.7 Å². The zero-order chi connectivity index (χ0) is 16.2. The first kappa shape index (κ1) is 16.7. The number of nitrogens with zero attached hydrogens (tertiary/aromatic N) is 1. The van der Waals surface area contributed by atoms with Gasteiger partial charge in [-0.3, -0.25) is 4.98 Å². The van der Waals surface area contributed by atoms with Gasteiger partial charge in [0.25, 0.3) is 0 Å². The molecule has 0 aliphatic rings. The molecule has 0 aliphatic heterocycles. The number of hydrogen-bond acceptors (Lipinski definition) is 3. The molecule has 0 radical (unpaired) electrons. The highest BCUT2D eigenvalue weighted by Crippen LogP contribution is 2.23. The molecule has 3 nitrogen and oxygen atoms in total. The van der Waals surface area contributed by atoms with Gasteiger partial charge in [-0.25, -0.2) is 8.42 Å². The van der Waals surface area contributed by atoms with Crippen molar-refractivity contribution < 1.29 is 8.42 Å². The maximum atomic E-state index is 12.5. The number of aromatic nitrogens is 1. The molecule has 1 aromatic carbocycles. The molecule has 0 spiro atoms. The Bertz CT molecular complexity index is 694. The van der Waals surface area contributed by atoms with Crippen molar-refractivity contribution >= 4 is 9.84 Å². The van der Waals surface area contributed by atoms with E-state index in [1.807, 2.05) is 37.3 Å². The van der Waals surface area contributed by atoms with Gasteiger partial charge in [-0.1, -0.05) is 39.0 Å². The van der Waals surface area contributed by atoms with Crippen molar-refractivity contribution in [1.82, 2.24) is 4.98 Å². The van der Waals surface area contributed by atoms with Crippen molar-refractivity contribution in [3.8, 4) is 0 Å². The van der Waals surface area contributed by atoms with Crippen LogP contribution in [0.4, 0.5) is 0 Å². The Labute approximate surface area is 133 Å². The Morgan fingerprint density at radius 2 is 1.68 bits per heavy atom. The minimum atomic E-state index is -3.30. The van der Waals surface area contributed by atoms with E-state index in [0.29, 0.717) is 10.8 Å². The zero-order valence-corrected chi connectivity index (χ0v) is 14.2. The van der Waals surface area contributed by atoms with E-state index in [1.54, 1.807) is 18.3 Å². The number of pyridine rings is 1. The highest BCUT2D eigenvalue weighted by molar-refractivity contribution is 7.91. The van der Waals surface area contributed by atoms with Crippen LogP contribution in [0.15, 0.2) is 53.6 Å². The fourth-order valence-electron chi connectivity index (χ4n) is 2.42. The molecule has 1 aromatic heterocycles. The average Bonchev–Trinajstić information content (AvgIpc) is 2.54. The number of benzene rings is 1. The molecule has 2 atom stereocenters. The molecular formula is C18H23NO2S. The lowest BCUT2D eigenvalue weighted by Crippen LogP contribution is -2.14. The molecule has 2 unspecified atom stereocenters. The van der Waals surface area contributed by atoms with Crippen molar-refractivity contribution in [3.63, 3.8) is 0 Å². The third-order valence-electron chi connectivity index (χ3n) is 4.08. The molecule has 0 saturated carbocycles. The van der Waals surface area contributed by atoms with E-state index in [9.17, 15) is 8.42 Å². The van der Waals surface area contributed by atoms with Crippen LogP contribution in [0.5, 0.6) is 0 Å². The van der Waals surface area contributed by atoms with Gasteiger partial charge >= 0.3 is 0 Å². The first-order valence-electron chi connectivity index (χ1n) is 7.67. The Kier molecular flexibility index (Phi) is 5.35. The van der Waals surface area contributed by atoms with Crippen LogP contribution < -0.4 is 0 Å². The summed E-state index contributed by atoms with van der Waals surface area (Å²) in [6.07, 6.45) is 2.74. The van der Waals surface area contributed by atoms with E-state index in [4.69, 9.17) is 0 Å². The maximum absolute atomic E-state index is 12.5. The van der Waals surface area contributed by atoms with Gasteiger partial charge in [0.1, 0.15) is 0 Å². The van der Waals surface area contributed by atoms with Gasteiger partial charge in [0, 0.05) is 17.8 Å². The minimum Gasteiger partial charge on any atom is -0.261 e.